The molecule has 0 aliphatic carbocycles. The van der Waals surface area contributed by atoms with Gasteiger partial charge in [-0.25, -0.2) is 9.18 Å². The van der Waals surface area contributed by atoms with Crippen LogP contribution >= 0.6 is 11.8 Å². The predicted molar refractivity (Wildman–Crippen MR) is 110 cm³/mol. The number of carbonyl (C=O) groups excluding carboxylic acids is 1. The molecule has 1 saturated heterocycles. The van der Waals surface area contributed by atoms with E-state index in [0.717, 1.165) is 17.7 Å². The molecule has 0 aromatic heterocycles. The topological polar surface area (TPSA) is 60.9 Å². The summed E-state index contributed by atoms with van der Waals surface area (Å²) >= 11 is 1.71. The number of hydrogen-bond acceptors (Lipinski definition) is 3. The Labute approximate surface area is 171 Å². The quantitative estimate of drug-likeness (QED) is 0.764. The summed E-state index contributed by atoms with van der Waals surface area (Å²) in [5, 5.41) is 10.1. The summed E-state index contributed by atoms with van der Waals surface area (Å²) in [6.45, 7) is 10.4. The van der Waals surface area contributed by atoms with Gasteiger partial charge in [0.15, 0.2) is 0 Å². The Hall–Kier alpha value is -1.76. The van der Waals surface area contributed by atoms with Crippen LogP contribution in [-0.4, -0.2) is 56.8 Å². The van der Waals surface area contributed by atoms with Crippen molar-refractivity contribution >= 4 is 23.8 Å². The number of rotatable bonds is 5. The minimum atomic E-state index is -1.07. The Balaban J connectivity index is 2.03. The highest BCUT2D eigenvalue weighted by Crippen LogP contribution is 2.32. The van der Waals surface area contributed by atoms with Crippen molar-refractivity contribution in [2.24, 2.45) is 5.92 Å². The molecule has 0 bridgehead atoms. The maximum Gasteiger partial charge on any atom is 0.408 e. The van der Waals surface area contributed by atoms with Crippen molar-refractivity contribution in [1.29, 1.82) is 0 Å². The van der Waals surface area contributed by atoms with E-state index in [-0.39, 0.29) is 17.6 Å². The third kappa shape index (κ3) is 5.63. The summed E-state index contributed by atoms with van der Waals surface area (Å²) in [6, 6.07) is 5.78. The molecule has 1 fully saturated rings. The molecule has 0 radical (unpaired) electrons. The van der Waals surface area contributed by atoms with E-state index < -0.39 is 17.7 Å². The Morgan fingerprint density at radius 3 is 2.14 bits per heavy atom. The minimum Gasteiger partial charge on any atom is -0.465 e. The molecule has 2 amide bonds. The lowest BCUT2D eigenvalue weighted by Gasteiger charge is -2.43. The van der Waals surface area contributed by atoms with Crippen molar-refractivity contribution in [1.82, 2.24) is 9.80 Å². The van der Waals surface area contributed by atoms with Crippen LogP contribution in [0.5, 0.6) is 0 Å². The molecule has 0 spiro atoms. The number of thioether (sulfide) groups is 1. The Morgan fingerprint density at radius 1 is 1.18 bits per heavy atom. The van der Waals surface area contributed by atoms with Crippen molar-refractivity contribution in [2.45, 2.75) is 69.2 Å². The van der Waals surface area contributed by atoms with Gasteiger partial charge in [0.05, 0.1) is 0 Å². The van der Waals surface area contributed by atoms with Crippen LogP contribution in [0.1, 0.15) is 47.5 Å². The van der Waals surface area contributed by atoms with Gasteiger partial charge in [-0.1, -0.05) is 13.8 Å². The number of amides is 2. The van der Waals surface area contributed by atoms with Crippen molar-refractivity contribution in [2.75, 3.05) is 13.1 Å². The second-order valence-corrected chi connectivity index (χ2v) is 9.98. The lowest BCUT2D eigenvalue weighted by molar-refractivity contribution is -0.140. The van der Waals surface area contributed by atoms with E-state index in [9.17, 15) is 19.1 Å². The van der Waals surface area contributed by atoms with Gasteiger partial charge in [-0.2, -0.15) is 0 Å². The average molecular weight is 411 g/mol. The molecule has 28 heavy (non-hydrogen) atoms. The summed E-state index contributed by atoms with van der Waals surface area (Å²) in [7, 11) is 0. The highest BCUT2D eigenvalue weighted by molar-refractivity contribution is 8.00. The van der Waals surface area contributed by atoms with Gasteiger partial charge in [-0.15, -0.1) is 11.8 Å². The van der Waals surface area contributed by atoms with Crippen LogP contribution in [0.2, 0.25) is 0 Å². The Morgan fingerprint density at radius 2 is 1.71 bits per heavy atom. The van der Waals surface area contributed by atoms with Crippen LogP contribution in [-0.2, 0) is 4.79 Å². The Kier molecular flexibility index (Phi) is 7.37. The number of hydrogen-bond donors (Lipinski definition) is 1. The smallest absolute Gasteiger partial charge is 0.408 e. The molecule has 156 valence electrons. The molecule has 7 heteroatoms. The molecule has 5 nitrogen and oxygen atoms in total. The molecule has 0 saturated carbocycles. The third-order valence-electron chi connectivity index (χ3n) is 4.96. The molecule has 1 aromatic carbocycles. The number of piperidine rings is 1. The second-order valence-electron chi connectivity index (χ2n) is 8.61. The van der Waals surface area contributed by atoms with E-state index in [0.29, 0.717) is 18.3 Å². The van der Waals surface area contributed by atoms with Gasteiger partial charge >= 0.3 is 6.09 Å². The molecule has 1 N–H and O–H groups in total. The van der Waals surface area contributed by atoms with E-state index in [1.54, 1.807) is 28.8 Å². The normalized spacial score (nSPS) is 16.9. The zero-order valence-electron chi connectivity index (χ0n) is 17.3. The molecule has 1 heterocycles. The third-order valence-corrected chi connectivity index (χ3v) is 6.31. The van der Waals surface area contributed by atoms with E-state index in [2.05, 4.69) is 0 Å². The van der Waals surface area contributed by atoms with Crippen molar-refractivity contribution in [3.05, 3.63) is 30.1 Å². The first-order valence-corrected chi connectivity index (χ1v) is 10.6. The van der Waals surface area contributed by atoms with Gasteiger partial charge in [-0.05, 0) is 63.8 Å². The predicted octanol–water partition coefficient (Wildman–Crippen LogP) is 4.71. The number of benzene rings is 1. The molecule has 1 atom stereocenters. The highest BCUT2D eigenvalue weighted by atomic mass is 32.2. The fraction of sp³-hybridized carbons (Fsp3) is 0.619. The molecular formula is C21H31FN2O3S. The average Bonchev–Trinajstić information content (AvgIpc) is 2.60. The molecule has 1 aromatic rings. The summed E-state index contributed by atoms with van der Waals surface area (Å²) in [4.78, 5) is 29.2. The first-order valence-electron chi connectivity index (χ1n) is 9.74. The largest absolute Gasteiger partial charge is 0.465 e. The standard InChI is InChI=1S/C21H31FN2O3S/c1-14(2)18(24(20(26)27)21(3,4)5)19(25)23-12-10-17(11-13-23)28-16-8-6-15(22)7-9-16/h6-9,14,17-18H,10-13H2,1-5H3,(H,26,27)/t18-/m0/s1. The van der Waals surface area contributed by atoms with Gasteiger partial charge in [0.2, 0.25) is 5.91 Å². The lowest BCUT2D eigenvalue weighted by Crippen LogP contribution is -2.60. The van der Waals surface area contributed by atoms with Crippen molar-refractivity contribution in [3.8, 4) is 0 Å². The van der Waals surface area contributed by atoms with E-state index in [1.165, 1.54) is 17.0 Å². The van der Waals surface area contributed by atoms with Crippen LogP contribution in [0.4, 0.5) is 9.18 Å². The summed E-state index contributed by atoms with van der Waals surface area (Å²) in [5.74, 6) is -0.474. The molecule has 1 aliphatic rings. The SMILES string of the molecule is CC(C)[C@@H](C(=O)N1CCC(Sc2ccc(F)cc2)CC1)N(C(=O)O)C(C)(C)C. The fourth-order valence-corrected chi connectivity index (χ4v) is 4.73. The summed E-state index contributed by atoms with van der Waals surface area (Å²) < 4.78 is 13.1. The van der Waals surface area contributed by atoms with E-state index >= 15 is 0 Å². The molecule has 1 aliphatic heterocycles. The van der Waals surface area contributed by atoms with Crippen molar-refractivity contribution in [3.63, 3.8) is 0 Å². The van der Waals surface area contributed by atoms with Crippen molar-refractivity contribution < 1.29 is 19.1 Å². The number of halogens is 1. The van der Waals surface area contributed by atoms with Crippen LogP contribution in [0.3, 0.4) is 0 Å². The number of carbonyl (C=O) groups is 2. The number of nitrogens with zero attached hydrogens (tertiary/aromatic N) is 2. The zero-order chi connectivity index (χ0) is 21.1. The van der Waals surface area contributed by atoms with E-state index in [1.807, 2.05) is 34.6 Å². The molecular weight excluding hydrogens is 379 g/mol. The van der Waals surface area contributed by atoms with Gasteiger partial charge in [-0.3, -0.25) is 9.69 Å². The monoisotopic (exact) mass is 410 g/mol. The molecule has 2 rings (SSSR count). The number of carboxylic acid groups (broad SMARTS) is 1. The van der Waals surface area contributed by atoms with Gasteiger partial charge in [0.1, 0.15) is 11.9 Å². The van der Waals surface area contributed by atoms with Crippen LogP contribution in [0.25, 0.3) is 0 Å². The summed E-state index contributed by atoms with van der Waals surface area (Å²) in [6.07, 6.45) is 0.601. The summed E-state index contributed by atoms with van der Waals surface area (Å²) in [5.41, 5.74) is -0.660. The van der Waals surface area contributed by atoms with E-state index in [4.69, 9.17) is 0 Å². The Bertz CT molecular complexity index is 680. The van der Waals surface area contributed by atoms with Crippen LogP contribution in [0.15, 0.2) is 29.2 Å². The number of likely N-dealkylation sites (tertiary alicyclic amines) is 1. The van der Waals surface area contributed by atoms with Crippen LogP contribution in [0, 0.1) is 11.7 Å². The maximum atomic E-state index is 13.2. The van der Waals surface area contributed by atoms with Gasteiger partial charge in [0.25, 0.3) is 0 Å². The first-order chi connectivity index (χ1) is 13.0. The molecule has 0 unspecified atom stereocenters. The first kappa shape index (κ1) is 22.5. The maximum absolute atomic E-state index is 13.2. The highest BCUT2D eigenvalue weighted by Gasteiger charge is 2.41. The fourth-order valence-electron chi connectivity index (χ4n) is 3.60. The zero-order valence-corrected chi connectivity index (χ0v) is 18.1. The lowest BCUT2D eigenvalue weighted by atomic mass is 9.94. The van der Waals surface area contributed by atoms with Crippen LogP contribution < -0.4 is 0 Å². The minimum absolute atomic E-state index is 0.113. The second kappa shape index (κ2) is 9.16. The van der Waals surface area contributed by atoms with Gasteiger partial charge in [0, 0.05) is 28.8 Å². The van der Waals surface area contributed by atoms with Gasteiger partial charge < -0.3 is 10.0 Å².